The van der Waals surface area contributed by atoms with E-state index in [9.17, 15) is 4.79 Å². The van der Waals surface area contributed by atoms with Crippen molar-refractivity contribution in [2.45, 2.75) is 12.5 Å². The lowest BCUT2D eigenvalue weighted by molar-refractivity contribution is -0.141. The van der Waals surface area contributed by atoms with Gasteiger partial charge in [-0.05, 0) is 17.7 Å². The topological polar surface area (TPSA) is 122 Å². The molecule has 7 nitrogen and oxygen atoms in total. The number of methoxy groups -OCH3 is 1. The fraction of sp³-hybridized carbons (Fsp3) is 0.200. The Balaban J connectivity index is 2.24. The molecule has 1 aliphatic heterocycles. The summed E-state index contributed by atoms with van der Waals surface area (Å²) in [4.78, 5) is 11.5. The van der Waals surface area contributed by atoms with Crippen LogP contribution in [0.5, 0.6) is 0 Å². The predicted molar refractivity (Wildman–Crippen MR) is 77.1 cm³/mol. The van der Waals surface area contributed by atoms with E-state index in [2.05, 4.69) is 10.6 Å². The third kappa shape index (κ3) is 2.82. The van der Waals surface area contributed by atoms with Crippen LogP contribution < -0.4 is 10.6 Å². The first-order chi connectivity index (χ1) is 10.6. The van der Waals surface area contributed by atoms with E-state index < -0.39 is 6.04 Å². The van der Waals surface area contributed by atoms with Gasteiger partial charge in [0.05, 0.1) is 7.11 Å². The number of fused-ring (bicyclic) bond motifs is 1. The van der Waals surface area contributed by atoms with Crippen LogP contribution in [0, 0.1) is 34.0 Å². The van der Waals surface area contributed by atoms with Gasteiger partial charge in [-0.2, -0.15) is 15.8 Å². The predicted octanol–water partition coefficient (Wildman–Crippen LogP) is 1.43. The number of nitrogens with zero attached hydrogens (tertiary/aromatic N) is 3. The largest absolute Gasteiger partial charge is 0.467 e. The molecule has 1 atom stereocenters. The summed E-state index contributed by atoms with van der Waals surface area (Å²) in [6, 6.07) is 9.90. The zero-order valence-electron chi connectivity index (χ0n) is 11.7. The number of hydrogen-bond donors (Lipinski definition) is 2. The number of rotatable bonds is 3. The van der Waals surface area contributed by atoms with Crippen LogP contribution in [-0.2, 0) is 16.0 Å². The molecule has 0 bridgehead atoms. The minimum atomic E-state index is -0.435. The van der Waals surface area contributed by atoms with Crippen LogP contribution in [-0.4, -0.2) is 19.1 Å². The Labute approximate surface area is 127 Å². The number of anilines is 2. The molecule has 2 N–H and O–H groups in total. The van der Waals surface area contributed by atoms with E-state index in [0.717, 1.165) is 11.3 Å². The second-order valence-corrected chi connectivity index (χ2v) is 4.51. The van der Waals surface area contributed by atoms with E-state index in [1.54, 1.807) is 36.4 Å². The fourth-order valence-electron chi connectivity index (χ4n) is 2.14. The molecule has 0 spiro atoms. The van der Waals surface area contributed by atoms with Crippen LogP contribution in [0.2, 0.25) is 0 Å². The van der Waals surface area contributed by atoms with Crippen LogP contribution in [0.25, 0.3) is 0 Å². The van der Waals surface area contributed by atoms with Gasteiger partial charge in [-0.1, -0.05) is 6.07 Å². The van der Waals surface area contributed by atoms with Gasteiger partial charge in [-0.25, -0.2) is 4.79 Å². The molecule has 2 rings (SSSR count). The van der Waals surface area contributed by atoms with E-state index in [1.165, 1.54) is 7.11 Å². The van der Waals surface area contributed by atoms with Crippen molar-refractivity contribution >= 4 is 17.3 Å². The lowest BCUT2D eigenvalue weighted by atomic mass is 10.1. The summed E-state index contributed by atoms with van der Waals surface area (Å²) in [6.07, 6.45) is 0.519. The van der Waals surface area contributed by atoms with Crippen LogP contribution in [0.3, 0.4) is 0 Å². The number of nitrogens with one attached hydrogen (secondary N) is 2. The highest BCUT2D eigenvalue weighted by Gasteiger charge is 2.27. The number of allylic oxidation sites excluding steroid dienone is 2. The molecule has 22 heavy (non-hydrogen) atoms. The van der Waals surface area contributed by atoms with Gasteiger partial charge in [0.25, 0.3) is 0 Å². The molecule has 108 valence electrons. The number of carbonyl (C=O) groups is 1. The van der Waals surface area contributed by atoms with Crippen molar-refractivity contribution in [1.29, 1.82) is 15.8 Å². The molecule has 0 aliphatic carbocycles. The molecule has 1 aliphatic rings. The van der Waals surface area contributed by atoms with Gasteiger partial charge in [-0.15, -0.1) is 0 Å². The summed E-state index contributed by atoms with van der Waals surface area (Å²) < 4.78 is 4.70. The maximum Gasteiger partial charge on any atom is 0.328 e. The Kier molecular flexibility index (Phi) is 4.27. The average Bonchev–Trinajstić information content (AvgIpc) is 2.97. The van der Waals surface area contributed by atoms with Gasteiger partial charge in [0.1, 0.15) is 29.9 Å². The number of benzene rings is 1. The number of ether oxygens (including phenoxy) is 1. The highest BCUT2D eigenvalue weighted by molar-refractivity contribution is 5.83. The van der Waals surface area contributed by atoms with Crippen molar-refractivity contribution in [1.82, 2.24) is 0 Å². The summed E-state index contributed by atoms with van der Waals surface area (Å²) in [5, 5.41) is 32.4. The summed E-state index contributed by atoms with van der Waals surface area (Å²) in [7, 11) is 1.33. The van der Waals surface area contributed by atoms with Crippen molar-refractivity contribution in [2.24, 2.45) is 0 Å². The SMILES string of the molecule is COC(=O)C1Cc2ccc(NC(C#N)=C(C#N)C#N)cc2N1. The average molecular weight is 293 g/mol. The van der Waals surface area contributed by atoms with E-state index in [1.807, 2.05) is 0 Å². The Morgan fingerprint density at radius 1 is 1.32 bits per heavy atom. The number of esters is 1. The Morgan fingerprint density at radius 2 is 2.05 bits per heavy atom. The van der Waals surface area contributed by atoms with E-state index in [-0.39, 0.29) is 17.2 Å². The summed E-state index contributed by atoms with van der Waals surface area (Å²) in [6.45, 7) is 0. The molecule has 1 unspecified atom stereocenters. The van der Waals surface area contributed by atoms with Crippen molar-refractivity contribution in [3.8, 4) is 18.2 Å². The van der Waals surface area contributed by atoms with Crippen molar-refractivity contribution < 1.29 is 9.53 Å². The highest BCUT2D eigenvalue weighted by atomic mass is 16.5. The lowest BCUT2D eigenvalue weighted by Crippen LogP contribution is -2.27. The van der Waals surface area contributed by atoms with Crippen LogP contribution in [0.1, 0.15) is 5.56 Å². The first-order valence-electron chi connectivity index (χ1n) is 6.31. The van der Waals surface area contributed by atoms with Crippen LogP contribution >= 0.6 is 0 Å². The minimum Gasteiger partial charge on any atom is -0.467 e. The molecular formula is C15H11N5O2. The van der Waals surface area contributed by atoms with Gasteiger partial charge in [-0.3, -0.25) is 0 Å². The van der Waals surface area contributed by atoms with Crippen LogP contribution in [0.15, 0.2) is 29.5 Å². The minimum absolute atomic E-state index is 0.118. The Bertz CT molecular complexity index is 761. The molecule has 1 aromatic rings. The third-order valence-electron chi connectivity index (χ3n) is 3.20. The molecule has 1 aromatic carbocycles. The first-order valence-corrected chi connectivity index (χ1v) is 6.31. The second-order valence-electron chi connectivity index (χ2n) is 4.51. The zero-order chi connectivity index (χ0) is 16.1. The Hall–Kier alpha value is -3.50. The van der Waals surface area contributed by atoms with Crippen molar-refractivity contribution in [3.63, 3.8) is 0 Å². The standard InChI is InChI=1S/C15H11N5O2/c1-22-15(21)13-4-9-2-3-11(5-12(9)20-13)19-14(8-18)10(6-16)7-17/h2-3,5,13,19-20H,4H2,1H3. The van der Waals surface area contributed by atoms with Gasteiger partial charge in [0.2, 0.25) is 0 Å². The Morgan fingerprint density at radius 3 is 2.64 bits per heavy atom. The zero-order valence-corrected chi connectivity index (χ0v) is 11.7. The molecule has 1 heterocycles. The van der Waals surface area contributed by atoms with Crippen LogP contribution in [0.4, 0.5) is 11.4 Å². The highest BCUT2D eigenvalue weighted by Crippen LogP contribution is 2.29. The smallest absolute Gasteiger partial charge is 0.328 e. The molecule has 7 heteroatoms. The molecule has 0 saturated carbocycles. The summed E-state index contributed by atoms with van der Waals surface area (Å²) in [5.74, 6) is -0.348. The number of carbonyl (C=O) groups excluding carboxylic acids is 1. The van der Waals surface area contributed by atoms with Gasteiger partial charge < -0.3 is 15.4 Å². The number of hydrogen-bond acceptors (Lipinski definition) is 7. The number of nitriles is 3. The van der Waals surface area contributed by atoms with E-state index in [0.29, 0.717) is 12.1 Å². The van der Waals surface area contributed by atoms with Crippen molar-refractivity contribution in [3.05, 3.63) is 35.0 Å². The molecule has 0 aromatic heterocycles. The molecule has 0 amide bonds. The molecule has 0 fully saturated rings. The van der Waals surface area contributed by atoms with E-state index in [4.69, 9.17) is 20.5 Å². The quantitative estimate of drug-likeness (QED) is 0.638. The summed E-state index contributed by atoms with van der Waals surface area (Å²) >= 11 is 0. The second kappa shape index (κ2) is 6.30. The maximum absolute atomic E-state index is 11.5. The van der Waals surface area contributed by atoms with Gasteiger partial charge in [0.15, 0.2) is 5.57 Å². The monoisotopic (exact) mass is 293 g/mol. The lowest BCUT2D eigenvalue weighted by Gasteiger charge is -2.09. The molecule has 0 radical (unpaired) electrons. The van der Waals surface area contributed by atoms with Gasteiger partial charge >= 0.3 is 5.97 Å². The maximum atomic E-state index is 11.5. The van der Waals surface area contributed by atoms with Crippen molar-refractivity contribution in [2.75, 3.05) is 17.7 Å². The van der Waals surface area contributed by atoms with E-state index >= 15 is 0 Å². The normalized spacial score (nSPS) is 14.4. The third-order valence-corrected chi connectivity index (χ3v) is 3.20. The molecule has 0 saturated heterocycles. The van der Waals surface area contributed by atoms with Gasteiger partial charge in [0, 0.05) is 17.8 Å². The molecular weight excluding hydrogens is 282 g/mol. The fourth-order valence-corrected chi connectivity index (χ4v) is 2.14. The first kappa shape index (κ1) is 14.9. The summed E-state index contributed by atoms with van der Waals surface area (Å²) in [5.41, 5.74) is 1.82.